The fraction of sp³-hybridized carbons (Fsp3) is 0.400. The highest BCUT2D eigenvalue weighted by molar-refractivity contribution is 6.31. The van der Waals surface area contributed by atoms with Gasteiger partial charge in [0.1, 0.15) is 11.6 Å². The van der Waals surface area contributed by atoms with E-state index in [0.717, 1.165) is 0 Å². The number of nitro groups is 1. The molecule has 9 heteroatoms. The summed E-state index contributed by atoms with van der Waals surface area (Å²) in [5.41, 5.74) is -0.442. The average Bonchev–Trinajstić information content (AvgIpc) is 2.45. The molecule has 1 amide bonds. The van der Waals surface area contributed by atoms with E-state index in [1.165, 1.54) is 24.3 Å². The number of ether oxygens (including phenoxy) is 1. The number of hydrogen-bond donors (Lipinski definition) is 2. The Morgan fingerprint density at radius 2 is 1.79 bits per heavy atom. The van der Waals surface area contributed by atoms with Gasteiger partial charge in [-0.3, -0.25) is 14.9 Å². The number of esters is 1. The number of carbonyl (C=O) groups excluding carboxylic acids is 2. The summed E-state index contributed by atoms with van der Waals surface area (Å²) in [5, 5.41) is 21.4. The van der Waals surface area contributed by atoms with Crippen molar-refractivity contribution in [3.8, 4) is 0 Å². The summed E-state index contributed by atoms with van der Waals surface area (Å²) in [4.78, 5) is 44.2. The Bertz CT molecular complexity index is 647. The number of amides is 1. The molecule has 1 atom stereocenters. The first kappa shape index (κ1) is 19.1. The Balaban J connectivity index is 2.95. The van der Waals surface area contributed by atoms with Crippen LogP contribution in [0.1, 0.15) is 26.3 Å². The summed E-state index contributed by atoms with van der Waals surface area (Å²) in [7, 11) is 0. The summed E-state index contributed by atoms with van der Waals surface area (Å²) in [6.07, 6.45) is -0.0636. The van der Waals surface area contributed by atoms with Crippen LogP contribution in [0.3, 0.4) is 0 Å². The van der Waals surface area contributed by atoms with Gasteiger partial charge in [0.15, 0.2) is 0 Å². The lowest BCUT2D eigenvalue weighted by Gasteiger charge is -2.24. The van der Waals surface area contributed by atoms with Crippen LogP contribution in [0.4, 0.5) is 5.69 Å². The molecule has 0 unspecified atom stereocenters. The van der Waals surface area contributed by atoms with Crippen molar-refractivity contribution < 1.29 is 29.2 Å². The lowest BCUT2D eigenvalue weighted by Crippen LogP contribution is -2.47. The van der Waals surface area contributed by atoms with Crippen molar-refractivity contribution in [2.45, 2.75) is 38.8 Å². The Labute approximate surface area is 137 Å². The first-order chi connectivity index (χ1) is 11.0. The van der Waals surface area contributed by atoms with Crippen LogP contribution in [0.25, 0.3) is 0 Å². The maximum absolute atomic E-state index is 12.2. The molecule has 0 aliphatic carbocycles. The Morgan fingerprint density at radius 3 is 2.21 bits per heavy atom. The first-order valence-electron chi connectivity index (χ1n) is 6.99. The molecule has 0 saturated heterocycles. The Kier molecular flexibility index (Phi) is 5.99. The summed E-state index contributed by atoms with van der Waals surface area (Å²) in [6.45, 7) is 4.90. The third-order valence-corrected chi connectivity index (χ3v) is 2.78. The second-order valence-corrected chi connectivity index (χ2v) is 5.99. The molecule has 1 aromatic carbocycles. The van der Waals surface area contributed by atoms with Crippen LogP contribution in [-0.2, 0) is 25.5 Å². The van der Waals surface area contributed by atoms with E-state index in [1.54, 1.807) is 20.8 Å². The molecule has 0 aliphatic heterocycles. The largest absolute Gasteiger partial charge is 0.474 e. The number of non-ortho nitro benzene ring substituents is 1. The van der Waals surface area contributed by atoms with Crippen LogP contribution < -0.4 is 5.32 Å². The van der Waals surface area contributed by atoms with Crippen molar-refractivity contribution in [2.24, 2.45) is 0 Å². The second-order valence-electron chi connectivity index (χ2n) is 5.99. The molecule has 0 spiro atoms. The zero-order chi connectivity index (χ0) is 18.5. The minimum Gasteiger partial charge on any atom is -0.474 e. The van der Waals surface area contributed by atoms with Crippen LogP contribution in [0.5, 0.6) is 0 Å². The van der Waals surface area contributed by atoms with Gasteiger partial charge in [-0.25, -0.2) is 9.59 Å². The predicted octanol–water partition coefficient (Wildman–Crippen LogP) is 1.05. The van der Waals surface area contributed by atoms with E-state index in [9.17, 15) is 24.5 Å². The van der Waals surface area contributed by atoms with E-state index in [2.05, 4.69) is 5.32 Å². The van der Waals surface area contributed by atoms with Gasteiger partial charge in [0.25, 0.3) is 5.69 Å². The fourth-order valence-corrected chi connectivity index (χ4v) is 1.78. The van der Waals surface area contributed by atoms with Gasteiger partial charge in [0.05, 0.1) is 4.92 Å². The van der Waals surface area contributed by atoms with Crippen molar-refractivity contribution in [1.82, 2.24) is 5.32 Å². The van der Waals surface area contributed by atoms with E-state index in [1.807, 2.05) is 0 Å². The third-order valence-electron chi connectivity index (χ3n) is 2.78. The van der Waals surface area contributed by atoms with E-state index in [0.29, 0.717) is 5.56 Å². The number of carboxylic acid groups (broad SMARTS) is 1. The Morgan fingerprint density at radius 1 is 1.25 bits per heavy atom. The smallest absolute Gasteiger partial charge is 0.394 e. The van der Waals surface area contributed by atoms with Crippen LogP contribution >= 0.6 is 0 Å². The summed E-state index contributed by atoms with van der Waals surface area (Å²) < 4.78 is 5.16. The SMILES string of the molecule is CC(C)(C)OC(=O)[C@H](Cc1ccc([N+](=O)[O-])cc1)NC(=O)C(=O)O. The van der Waals surface area contributed by atoms with Gasteiger partial charge in [-0.05, 0) is 26.3 Å². The number of hydrogen-bond acceptors (Lipinski definition) is 6. The molecule has 0 aliphatic rings. The molecule has 1 rings (SSSR count). The Hall–Kier alpha value is -2.97. The molecule has 0 heterocycles. The van der Waals surface area contributed by atoms with Crippen LogP contribution in [0, 0.1) is 10.1 Å². The minimum absolute atomic E-state index is 0.0636. The molecule has 0 saturated carbocycles. The number of nitro benzene ring substituents is 1. The summed E-state index contributed by atoms with van der Waals surface area (Å²) >= 11 is 0. The lowest BCUT2D eigenvalue weighted by molar-refractivity contribution is -0.384. The second kappa shape index (κ2) is 7.53. The molecule has 2 N–H and O–H groups in total. The van der Waals surface area contributed by atoms with E-state index in [-0.39, 0.29) is 12.1 Å². The van der Waals surface area contributed by atoms with Crippen molar-refractivity contribution in [2.75, 3.05) is 0 Å². The monoisotopic (exact) mass is 338 g/mol. The van der Waals surface area contributed by atoms with Crippen molar-refractivity contribution in [3.05, 3.63) is 39.9 Å². The predicted molar refractivity (Wildman–Crippen MR) is 82.2 cm³/mol. The van der Waals surface area contributed by atoms with Gasteiger partial charge in [-0.1, -0.05) is 12.1 Å². The maximum atomic E-state index is 12.2. The number of aliphatic carboxylic acids is 1. The van der Waals surface area contributed by atoms with E-state index >= 15 is 0 Å². The molecule has 0 fully saturated rings. The van der Waals surface area contributed by atoms with Gasteiger partial charge in [0.2, 0.25) is 0 Å². The number of nitrogens with zero attached hydrogens (tertiary/aromatic N) is 1. The molecule has 24 heavy (non-hydrogen) atoms. The molecule has 0 bridgehead atoms. The molecular formula is C15H18N2O7. The number of nitrogens with one attached hydrogen (secondary N) is 1. The summed E-state index contributed by atoms with van der Waals surface area (Å²) in [5.74, 6) is -3.87. The van der Waals surface area contributed by atoms with Crippen LogP contribution in [0.15, 0.2) is 24.3 Å². The standard InChI is InChI=1S/C15H18N2O7/c1-15(2,3)24-14(21)11(16-12(18)13(19)20)8-9-4-6-10(7-5-9)17(22)23/h4-7,11H,8H2,1-3H3,(H,16,18)(H,19,20)/t11-/m0/s1. The first-order valence-corrected chi connectivity index (χ1v) is 6.99. The van der Waals surface area contributed by atoms with Crippen LogP contribution in [-0.4, -0.2) is 39.5 Å². The quantitative estimate of drug-likeness (QED) is 0.354. The highest BCUT2D eigenvalue weighted by Gasteiger charge is 2.28. The normalized spacial score (nSPS) is 12.1. The average molecular weight is 338 g/mol. The molecular weight excluding hydrogens is 320 g/mol. The van der Waals surface area contributed by atoms with Crippen molar-refractivity contribution in [3.63, 3.8) is 0 Å². The zero-order valence-corrected chi connectivity index (χ0v) is 13.4. The van der Waals surface area contributed by atoms with Gasteiger partial charge in [0, 0.05) is 18.6 Å². The molecule has 1 aromatic rings. The van der Waals surface area contributed by atoms with Crippen LogP contribution in [0.2, 0.25) is 0 Å². The molecule has 0 aromatic heterocycles. The summed E-state index contributed by atoms with van der Waals surface area (Å²) in [6, 6.07) is 4.11. The van der Waals surface area contributed by atoms with Gasteiger partial charge in [-0.15, -0.1) is 0 Å². The maximum Gasteiger partial charge on any atom is 0.394 e. The van der Waals surface area contributed by atoms with Gasteiger partial charge in [-0.2, -0.15) is 0 Å². The third kappa shape index (κ3) is 6.03. The topological polar surface area (TPSA) is 136 Å². The van der Waals surface area contributed by atoms with E-state index in [4.69, 9.17) is 9.84 Å². The molecule has 0 radical (unpaired) electrons. The fourth-order valence-electron chi connectivity index (χ4n) is 1.78. The van der Waals surface area contributed by atoms with Gasteiger partial charge < -0.3 is 15.2 Å². The van der Waals surface area contributed by atoms with Crippen molar-refractivity contribution in [1.29, 1.82) is 0 Å². The number of benzene rings is 1. The van der Waals surface area contributed by atoms with Crippen molar-refractivity contribution >= 4 is 23.5 Å². The zero-order valence-electron chi connectivity index (χ0n) is 13.4. The number of carbonyl (C=O) groups is 3. The van der Waals surface area contributed by atoms with E-state index < -0.39 is 34.4 Å². The minimum atomic E-state index is -1.73. The number of carboxylic acids is 1. The number of rotatable bonds is 5. The lowest BCUT2D eigenvalue weighted by atomic mass is 10.0. The highest BCUT2D eigenvalue weighted by Crippen LogP contribution is 2.15. The van der Waals surface area contributed by atoms with Gasteiger partial charge >= 0.3 is 17.8 Å². The molecule has 9 nitrogen and oxygen atoms in total. The highest BCUT2D eigenvalue weighted by atomic mass is 16.6. The molecule has 130 valence electrons.